The Bertz CT molecular complexity index is 1020. The second-order valence-corrected chi connectivity index (χ2v) is 9.01. The largest absolute Gasteiger partial charge is 0.495 e. The molecule has 2 heterocycles. The van der Waals surface area contributed by atoms with E-state index in [0.29, 0.717) is 19.7 Å². The number of nitrogens with one attached hydrogen (secondary N) is 1. The molecule has 0 bridgehead atoms. The zero-order chi connectivity index (χ0) is 21.7. The summed E-state index contributed by atoms with van der Waals surface area (Å²) in [4.78, 5) is 16.8. The molecule has 2 aromatic rings. The monoisotopic (exact) mass is 453 g/mol. The smallest absolute Gasteiger partial charge is 0.275 e. The van der Waals surface area contributed by atoms with E-state index in [0.717, 1.165) is 19.3 Å². The highest BCUT2D eigenvalue weighted by atomic mass is 35.5. The number of carbonyl (C=O) groups is 1. The van der Waals surface area contributed by atoms with E-state index < -0.39 is 15.9 Å². The topological polar surface area (TPSA) is 97.8 Å². The molecule has 1 saturated heterocycles. The highest BCUT2D eigenvalue weighted by Crippen LogP contribution is 2.31. The second-order valence-electron chi connectivity index (χ2n) is 6.70. The average molecular weight is 454 g/mol. The average Bonchev–Trinajstić information content (AvgIpc) is 2.75. The van der Waals surface area contributed by atoms with Gasteiger partial charge >= 0.3 is 0 Å². The van der Waals surface area contributed by atoms with Crippen molar-refractivity contribution in [1.29, 1.82) is 0 Å². The number of nitrogens with zero attached hydrogens (tertiary/aromatic N) is 2. The molecule has 0 radical (unpaired) electrons. The Morgan fingerprint density at radius 3 is 2.60 bits per heavy atom. The normalized spacial score (nSPS) is 14.9. The zero-order valence-corrected chi connectivity index (χ0v) is 18.4. The Morgan fingerprint density at radius 1 is 1.20 bits per heavy atom. The maximum Gasteiger partial charge on any atom is 0.275 e. The molecule has 0 spiro atoms. The number of aromatic nitrogens is 1. The van der Waals surface area contributed by atoms with Gasteiger partial charge in [0.1, 0.15) is 10.6 Å². The molecule has 30 heavy (non-hydrogen) atoms. The molecule has 3 rings (SSSR count). The Kier molecular flexibility index (Phi) is 7.17. The first kappa shape index (κ1) is 22.3. The lowest BCUT2D eigenvalue weighted by Gasteiger charge is -2.26. The lowest BCUT2D eigenvalue weighted by atomic mass is 10.2. The van der Waals surface area contributed by atoms with Crippen molar-refractivity contribution in [3.63, 3.8) is 0 Å². The SMILES string of the molecule is CCOc1ccc(Cl)c(C(=O)Nc2ccc(OC)c(S(=O)(=O)N3CCCCC3)c2)n1. The van der Waals surface area contributed by atoms with Gasteiger partial charge < -0.3 is 14.8 Å². The highest BCUT2D eigenvalue weighted by Gasteiger charge is 2.29. The van der Waals surface area contributed by atoms with Crippen molar-refractivity contribution >= 4 is 33.2 Å². The molecule has 1 fully saturated rings. The van der Waals surface area contributed by atoms with E-state index in [1.165, 1.54) is 29.6 Å². The van der Waals surface area contributed by atoms with Gasteiger partial charge in [0.2, 0.25) is 15.9 Å². The number of benzene rings is 1. The summed E-state index contributed by atoms with van der Waals surface area (Å²) in [5.74, 6) is -0.0868. The Balaban J connectivity index is 1.90. The number of pyridine rings is 1. The van der Waals surface area contributed by atoms with Crippen molar-refractivity contribution in [1.82, 2.24) is 9.29 Å². The molecule has 1 aliphatic heterocycles. The third-order valence-corrected chi connectivity index (χ3v) is 6.91. The summed E-state index contributed by atoms with van der Waals surface area (Å²) in [6.45, 7) is 3.13. The van der Waals surface area contributed by atoms with Crippen molar-refractivity contribution in [3.8, 4) is 11.6 Å². The van der Waals surface area contributed by atoms with Crippen LogP contribution in [0, 0.1) is 0 Å². The van der Waals surface area contributed by atoms with E-state index >= 15 is 0 Å². The van der Waals surface area contributed by atoms with E-state index in [2.05, 4.69) is 10.3 Å². The van der Waals surface area contributed by atoms with Gasteiger partial charge in [-0.3, -0.25) is 4.79 Å². The molecular formula is C20H24ClN3O5S. The molecular weight excluding hydrogens is 430 g/mol. The molecule has 10 heteroatoms. The fourth-order valence-electron chi connectivity index (χ4n) is 3.20. The second kappa shape index (κ2) is 9.63. The highest BCUT2D eigenvalue weighted by molar-refractivity contribution is 7.89. The minimum absolute atomic E-state index is 0.00632. The summed E-state index contributed by atoms with van der Waals surface area (Å²) < 4.78 is 38.3. The number of ether oxygens (including phenoxy) is 2. The van der Waals surface area contributed by atoms with Gasteiger partial charge in [0.25, 0.3) is 5.91 Å². The maximum atomic E-state index is 13.1. The van der Waals surface area contributed by atoms with Crippen LogP contribution in [0.15, 0.2) is 35.2 Å². The maximum absolute atomic E-state index is 13.1. The van der Waals surface area contributed by atoms with Crippen LogP contribution in [-0.2, 0) is 10.0 Å². The van der Waals surface area contributed by atoms with Gasteiger partial charge in [-0.1, -0.05) is 18.0 Å². The van der Waals surface area contributed by atoms with E-state index in [4.69, 9.17) is 21.1 Å². The Hall–Kier alpha value is -2.36. The van der Waals surface area contributed by atoms with Crippen LogP contribution in [-0.4, -0.2) is 50.4 Å². The summed E-state index contributed by atoms with van der Waals surface area (Å²) in [6, 6.07) is 7.55. The zero-order valence-electron chi connectivity index (χ0n) is 16.9. The molecule has 0 atom stereocenters. The predicted molar refractivity (Wildman–Crippen MR) is 114 cm³/mol. The lowest BCUT2D eigenvalue weighted by Crippen LogP contribution is -2.35. The molecule has 0 saturated carbocycles. The van der Waals surface area contributed by atoms with E-state index in [-0.39, 0.29) is 32.9 Å². The van der Waals surface area contributed by atoms with Crippen LogP contribution >= 0.6 is 11.6 Å². The number of piperidine rings is 1. The molecule has 1 aromatic heterocycles. The minimum Gasteiger partial charge on any atom is -0.495 e. The summed E-state index contributed by atoms with van der Waals surface area (Å²) in [6.07, 6.45) is 2.64. The quantitative estimate of drug-likeness (QED) is 0.688. The van der Waals surface area contributed by atoms with Gasteiger partial charge in [0.05, 0.1) is 18.7 Å². The number of hydrogen-bond donors (Lipinski definition) is 1. The third-order valence-electron chi connectivity index (χ3n) is 4.68. The molecule has 1 amide bonds. The van der Waals surface area contributed by atoms with Crippen LogP contribution in [0.5, 0.6) is 11.6 Å². The standard InChI is InChI=1S/C20H24ClN3O5S/c1-3-29-18-10-8-15(21)19(23-18)20(25)22-14-7-9-16(28-2)17(13-14)30(26,27)24-11-5-4-6-12-24/h7-10,13H,3-6,11-12H2,1-2H3,(H,22,25). The summed E-state index contributed by atoms with van der Waals surface area (Å²) in [7, 11) is -2.35. The number of methoxy groups -OCH3 is 1. The van der Waals surface area contributed by atoms with Crippen LogP contribution in [0.2, 0.25) is 5.02 Å². The Morgan fingerprint density at radius 2 is 1.93 bits per heavy atom. The molecule has 0 aliphatic carbocycles. The lowest BCUT2D eigenvalue weighted by molar-refractivity contribution is 0.102. The molecule has 1 aliphatic rings. The minimum atomic E-state index is -3.75. The fourth-order valence-corrected chi connectivity index (χ4v) is 5.09. The molecule has 1 aromatic carbocycles. The molecule has 162 valence electrons. The van der Waals surface area contributed by atoms with Crippen molar-refractivity contribution in [2.75, 3.05) is 32.1 Å². The van der Waals surface area contributed by atoms with Crippen LogP contribution in [0.1, 0.15) is 36.7 Å². The first-order valence-electron chi connectivity index (χ1n) is 9.65. The summed E-state index contributed by atoms with van der Waals surface area (Å²) in [5.41, 5.74) is 0.273. The van der Waals surface area contributed by atoms with Gasteiger partial charge in [0.15, 0.2) is 5.69 Å². The van der Waals surface area contributed by atoms with Crippen LogP contribution < -0.4 is 14.8 Å². The summed E-state index contributed by atoms with van der Waals surface area (Å²) >= 11 is 6.11. The van der Waals surface area contributed by atoms with E-state index in [9.17, 15) is 13.2 Å². The van der Waals surface area contributed by atoms with Gasteiger partial charge in [-0.25, -0.2) is 13.4 Å². The number of anilines is 1. The van der Waals surface area contributed by atoms with Crippen LogP contribution in [0.3, 0.4) is 0 Å². The van der Waals surface area contributed by atoms with Crippen molar-refractivity contribution < 1.29 is 22.7 Å². The molecule has 1 N–H and O–H groups in total. The number of carbonyl (C=O) groups excluding carboxylic acids is 1. The predicted octanol–water partition coefficient (Wildman–Crippen LogP) is 3.57. The number of sulfonamides is 1. The van der Waals surface area contributed by atoms with Crippen molar-refractivity contribution in [3.05, 3.63) is 41.0 Å². The third kappa shape index (κ3) is 4.85. The molecule has 0 unspecified atom stereocenters. The first-order chi connectivity index (χ1) is 14.4. The fraction of sp³-hybridized carbons (Fsp3) is 0.400. The van der Waals surface area contributed by atoms with Gasteiger partial charge in [-0.2, -0.15) is 4.31 Å². The van der Waals surface area contributed by atoms with E-state index in [1.807, 2.05) is 0 Å². The Labute approximate surface area is 181 Å². The van der Waals surface area contributed by atoms with Crippen LogP contribution in [0.4, 0.5) is 5.69 Å². The van der Waals surface area contributed by atoms with Gasteiger partial charge in [-0.05, 0) is 44.0 Å². The molecule has 8 nitrogen and oxygen atoms in total. The number of hydrogen-bond acceptors (Lipinski definition) is 6. The first-order valence-corrected chi connectivity index (χ1v) is 11.5. The van der Waals surface area contributed by atoms with Gasteiger partial charge in [0, 0.05) is 24.8 Å². The summed E-state index contributed by atoms with van der Waals surface area (Å²) in [5, 5.41) is 2.81. The number of rotatable bonds is 7. The van der Waals surface area contributed by atoms with E-state index in [1.54, 1.807) is 19.1 Å². The number of amides is 1. The van der Waals surface area contributed by atoms with Crippen molar-refractivity contribution in [2.24, 2.45) is 0 Å². The number of halogens is 1. The van der Waals surface area contributed by atoms with Crippen molar-refractivity contribution in [2.45, 2.75) is 31.1 Å². The van der Waals surface area contributed by atoms with Gasteiger partial charge in [-0.15, -0.1) is 0 Å². The van der Waals surface area contributed by atoms with Crippen LogP contribution in [0.25, 0.3) is 0 Å².